The van der Waals surface area contributed by atoms with Gasteiger partial charge in [0, 0.05) is 37.6 Å². The zero-order chi connectivity index (χ0) is 10.9. The molecule has 2 rings (SSSR count). The molecule has 0 bridgehead atoms. The van der Waals surface area contributed by atoms with Crippen LogP contribution in [0.25, 0.3) is 0 Å². The lowest BCUT2D eigenvalue weighted by atomic mass is 9.74. The number of hydrogen-bond donors (Lipinski definition) is 2. The van der Waals surface area contributed by atoms with Crippen molar-refractivity contribution in [3.8, 4) is 0 Å². The van der Waals surface area contributed by atoms with Gasteiger partial charge in [0.05, 0.1) is 12.9 Å². The van der Waals surface area contributed by atoms with Crippen molar-refractivity contribution < 1.29 is 13.2 Å². The molecule has 2 aliphatic heterocycles. The second kappa shape index (κ2) is 4.01. The van der Waals surface area contributed by atoms with Crippen LogP contribution in [0, 0.1) is 11.3 Å². The van der Waals surface area contributed by atoms with Crippen molar-refractivity contribution in [3.63, 3.8) is 0 Å². The van der Waals surface area contributed by atoms with E-state index in [1.807, 2.05) is 0 Å². The fraction of sp³-hybridized carbons (Fsp3) is 1.00. The van der Waals surface area contributed by atoms with E-state index >= 15 is 0 Å². The van der Waals surface area contributed by atoms with Gasteiger partial charge in [0.15, 0.2) is 0 Å². The van der Waals surface area contributed by atoms with E-state index in [4.69, 9.17) is 4.74 Å². The summed E-state index contributed by atoms with van der Waals surface area (Å²) >= 11 is 0. The zero-order valence-electron chi connectivity index (χ0n) is 8.95. The van der Waals surface area contributed by atoms with Gasteiger partial charge >= 0.3 is 0 Å². The molecule has 2 atom stereocenters. The molecule has 0 aliphatic carbocycles. The van der Waals surface area contributed by atoms with E-state index in [0.717, 1.165) is 32.7 Å². The molecule has 2 N–H and O–H groups in total. The average Bonchev–Trinajstić information content (AvgIpc) is 2.57. The number of ether oxygens (including phenoxy) is 1. The fourth-order valence-electron chi connectivity index (χ4n) is 2.46. The average molecular weight is 234 g/mol. The van der Waals surface area contributed by atoms with Crippen molar-refractivity contribution in [2.75, 3.05) is 39.1 Å². The summed E-state index contributed by atoms with van der Waals surface area (Å²) < 4.78 is 30.2. The maximum atomic E-state index is 11.1. The summed E-state index contributed by atoms with van der Waals surface area (Å²) in [6, 6.07) is 0. The third-order valence-electron chi connectivity index (χ3n) is 3.48. The van der Waals surface area contributed by atoms with Gasteiger partial charge in [-0.2, -0.15) is 0 Å². The molecule has 0 aromatic heterocycles. The van der Waals surface area contributed by atoms with Crippen molar-refractivity contribution in [1.29, 1.82) is 0 Å². The summed E-state index contributed by atoms with van der Waals surface area (Å²) in [6.45, 7) is 3.85. The minimum Gasteiger partial charge on any atom is -0.381 e. The summed E-state index contributed by atoms with van der Waals surface area (Å²) in [5.74, 6) is 0.445. The van der Waals surface area contributed by atoms with Crippen LogP contribution in [0.2, 0.25) is 0 Å². The van der Waals surface area contributed by atoms with Crippen molar-refractivity contribution >= 4 is 10.0 Å². The molecular weight excluding hydrogens is 216 g/mol. The standard InChI is InChI=1S/C9H18N2O3S/c1-15(12,13)11-7-9-2-3-14-5-8(9)4-10-6-9/h8,10-11H,2-7H2,1H3. The van der Waals surface area contributed by atoms with E-state index < -0.39 is 10.0 Å². The first-order valence-electron chi connectivity index (χ1n) is 5.25. The number of rotatable bonds is 3. The molecule has 2 saturated heterocycles. The highest BCUT2D eigenvalue weighted by Crippen LogP contribution is 2.37. The molecule has 15 heavy (non-hydrogen) atoms. The third kappa shape index (κ3) is 2.50. The number of hydrogen-bond acceptors (Lipinski definition) is 4. The Labute approximate surface area is 90.6 Å². The molecule has 0 spiro atoms. The van der Waals surface area contributed by atoms with E-state index in [9.17, 15) is 8.42 Å². The molecule has 2 fully saturated rings. The predicted octanol–water partition coefficient (Wildman–Crippen LogP) is -0.838. The number of sulfonamides is 1. The van der Waals surface area contributed by atoms with Crippen LogP contribution in [-0.2, 0) is 14.8 Å². The lowest BCUT2D eigenvalue weighted by Gasteiger charge is -2.38. The SMILES string of the molecule is CS(=O)(=O)NCC12CCOCC1CNC2. The van der Waals surface area contributed by atoms with Crippen LogP contribution in [0.4, 0.5) is 0 Å². The second-order valence-electron chi connectivity index (χ2n) is 4.61. The maximum Gasteiger partial charge on any atom is 0.208 e. The second-order valence-corrected chi connectivity index (χ2v) is 6.44. The smallest absolute Gasteiger partial charge is 0.208 e. The summed E-state index contributed by atoms with van der Waals surface area (Å²) in [5.41, 5.74) is 0.0708. The Morgan fingerprint density at radius 1 is 1.60 bits per heavy atom. The monoisotopic (exact) mass is 234 g/mol. The Bertz CT molecular complexity index is 330. The zero-order valence-corrected chi connectivity index (χ0v) is 9.77. The maximum absolute atomic E-state index is 11.1. The first kappa shape index (κ1) is 11.3. The molecule has 6 heteroatoms. The lowest BCUT2D eigenvalue weighted by molar-refractivity contribution is -0.0118. The lowest BCUT2D eigenvalue weighted by Crippen LogP contribution is -2.46. The molecule has 2 aliphatic rings. The largest absolute Gasteiger partial charge is 0.381 e. The van der Waals surface area contributed by atoms with E-state index in [1.54, 1.807) is 0 Å². The predicted molar refractivity (Wildman–Crippen MR) is 57.1 cm³/mol. The van der Waals surface area contributed by atoms with Crippen molar-refractivity contribution in [2.45, 2.75) is 6.42 Å². The molecule has 0 aromatic rings. The van der Waals surface area contributed by atoms with Gasteiger partial charge in [-0.15, -0.1) is 0 Å². The topological polar surface area (TPSA) is 67.4 Å². The van der Waals surface area contributed by atoms with Gasteiger partial charge in [0.25, 0.3) is 0 Å². The Kier molecular flexibility index (Phi) is 3.03. The van der Waals surface area contributed by atoms with Crippen molar-refractivity contribution in [3.05, 3.63) is 0 Å². The van der Waals surface area contributed by atoms with Crippen LogP contribution in [0.5, 0.6) is 0 Å². The quantitative estimate of drug-likeness (QED) is 0.668. The van der Waals surface area contributed by atoms with Gasteiger partial charge in [-0.25, -0.2) is 13.1 Å². The molecular formula is C9H18N2O3S. The molecule has 88 valence electrons. The molecule has 2 heterocycles. The Morgan fingerprint density at radius 2 is 2.40 bits per heavy atom. The van der Waals surface area contributed by atoms with Gasteiger partial charge < -0.3 is 10.1 Å². The Balaban J connectivity index is 2.03. The van der Waals surface area contributed by atoms with Crippen molar-refractivity contribution in [1.82, 2.24) is 10.0 Å². The molecule has 5 nitrogen and oxygen atoms in total. The molecule has 0 saturated carbocycles. The van der Waals surface area contributed by atoms with E-state index in [0.29, 0.717) is 12.5 Å². The van der Waals surface area contributed by atoms with Crippen LogP contribution in [0.1, 0.15) is 6.42 Å². The minimum atomic E-state index is -3.09. The van der Waals surface area contributed by atoms with E-state index in [1.165, 1.54) is 6.26 Å². The third-order valence-corrected chi connectivity index (χ3v) is 4.15. The summed E-state index contributed by atoms with van der Waals surface area (Å²) in [5, 5.41) is 3.33. The van der Waals surface area contributed by atoms with Crippen LogP contribution < -0.4 is 10.0 Å². The first-order chi connectivity index (χ1) is 7.02. The Morgan fingerprint density at radius 3 is 3.13 bits per heavy atom. The first-order valence-corrected chi connectivity index (χ1v) is 7.14. The highest BCUT2D eigenvalue weighted by Gasteiger charge is 2.45. The number of fused-ring (bicyclic) bond motifs is 1. The summed E-state index contributed by atoms with van der Waals surface area (Å²) in [6.07, 6.45) is 2.15. The highest BCUT2D eigenvalue weighted by atomic mass is 32.2. The van der Waals surface area contributed by atoms with Crippen LogP contribution >= 0.6 is 0 Å². The van der Waals surface area contributed by atoms with E-state index in [2.05, 4.69) is 10.0 Å². The Hall–Kier alpha value is -0.170. The van der Waals surface area contributed by atoms with Gasteiger partial charge in [-0.3, -0.25) is 0 Å². The van der Waals surface area contributed by atoms with Crippen LogP contribution in [0.15, 0.2) is 0 Å². The fourth-order valence-corrected chi connectivity index (χ4v) is 3.01. The molecule has 0 aromatic carbocycles. The molecule has 0 radical (unpaired) electrons. The summed E-state index contributed by atoms with van der Waals surface area (Å²) in [4.78, 5) is 0. The van der Waals surface area contributed by atoms with Crippen molar-refractivity contribution in [2.24, 2.45) is 11.3 Å². The molecule has 0 amide bonds. The molecule has 2 unspecified atom stereocenters. The van der Waals surface area contributed by atoms with Crippen LogP contribution in [0.3, 0.4) is 0 Å². The highest BCUT2D eigenvalue weighted by molar-refractivity contribution is 7.88. The van der Waals surface area contributed by atoms with E-state index in [-0.39, 0.29) is 5.41 Å². The van der Waals surface area contributed by atoms with Gasteiger partial charge in [-0.1, -0.05) is 0 Å². The van der Waals surface area contributed by atoms with Gasteiger partial charge in [0.1, 0.15) is 0 Å². The van der Waals surface area contributed by atoms with Gasteiger partial charge in [-0.05, 0) is 6.42 Å². The van der Waals surface area contributed by atoms with Gasteiger partial charge in [0.2, 0.25) is 10.0 Å². The number of nitrogens with one attached hydrogen (secondary N) is 2. The van der Waals surface area contributed by atoms with Crippen LogP contribution in [-0.4, -0.2) is 47.5 Å². The summed E-state index contributed by atoms with van der Waals surface area (Å²) in [7, 11) is -3.09. The minimum absolute atomic E-state index is 0.0708. The normalized spacial score (nSPS) is 36.5.